The lowest BCUT2D eigenvalue weighted by Gasteiger charge is -2.06. The Balaban J connectivity index is 1.84. The molecule has 5 heteroatoms. The standard InChI is InChI=1S/C14H11N3O2/c18-14-11-6-13(15-7-12(11)16-9-17-14)19-8-10-4-2-1-3-5-10/h1-7,9H,8H2,(H,16,17,18). The number of ether oxygens (including phenoxy) is 1. The smallest absolute Gasteiger partial charge is 0.222 e. The molecule has 0 fully saturated rings. The third kappa shape index (κ3) is 2.44. The van der Waals surface area contributed by atoms with E-state index in [9.17, 15) is 5.11 Å². The highest BCUT2D eigenvalue weighted by atomic mass is 16.5. The summed E-state index contributed by atoms with van der Waals surface area (Å²) in [4.78, 5) is 11.9. The van der Waals surface area contributed by atoms with E-state index in [1.807, 2.05) is 30.3 Å². The van der Waals surface area contributed by atoms with Crippen LogP contribution in [0.15, 0.2) is 48.9 Å². The van der Waals surface area contributed by atoms with Crippen LogP contribution in [-0.2, 0) is 6.61 Å². The molecule has 0 atom stereocenters. The highest BCUT2D eigenvalue weighted by Gasteiger charge is 2.05. The summed E-state index contributed by atoms with van der Waals surface area (Å²) in [6, 6.07) is 11.4. The Morgan fingerprint density at radius 3 is 2.74 bits per heavy atom. The molecule has 2 aromatic heterocycles. The van der Waals surface area contributed by atoms with Gasteiger partial charge in [0.2, 0.25) is 11.8 Å². The van der Waals surface area contributed by atoms with Crippen molar-refractivity contribution >= 4 is 10.9 Å². The molecule has 0 unspecified atom stereocenters. The molecular weight excluding hydrogens is 242 g/mol. The van der Waals surface area contributed by atoms with E-state index in [2.05, 4.69) is 15.0 Å². The van der Waals surface area contributed by atoms with Crippen LogP contribution in [0, 0.1) is 0 Å². The summed E-state index contributed by atoms with van der Waals surface area (Å²) in [6.07, 6.45) is 2.85. The second-order valence-corrected chi connectivity index (χ2v) is 4.01. The lowest BCUT2D eigenvalue weighted by atomic mass is 10.2. The van der Waals surface area contributed by atoms with E-state index >= 15 is 0 Å². The quantitative estimate of drug-likeness (QED) is 0.775. The minimum atomic E-state index is -0.0723. The molecule has 1 N–H and O–H groups in total. The minimum Gasteiger partial charge on any atom is -0.493 e. The normalized spacial score (nSPS) is 10.5. The van der Waals surface area contributed by atoms with Crippen LogP contribution in [0.5, 0.6) is 11.8 Å². The molecule has 2 heterocycles. The number of aromatic nitrogens is 3. The van der Waals surface area contributed by atoms with Gasteiger partial charge in [-0.3, -0.25) is 0 Å². The van der Waals surface area contributed by atoms with Crippen molar-refractivity contribution in [2.45, 2.75) is 6.61 Å². The monoisotopic (exact) mass is 253 g/mol. The van der Waals surface area contributed by atoms with Gasteiger partial charge in [0.25, 0.3) is 0 Å². The number of fused-ring (bicyclic) bond motifs is 1. The molecule has 0 aliphatic carbocycles. The molecule has 0 radical (unpaired) electrons. The summed E-state index contributed by atoms with van der Waals surface area (Å²) in [7, 11) is 0. The van der Waals surface area contributed by atoms with Gasteiger partial charge >= 0.3 is 0 Å². The summed E-state index contributed by atoms with van der Waals surface area (Å²) in [5.74, 6) is 0.360. The van der Waals surface area contributed by atoms with E-state index in [0.717, 1.165) is 5.56 Å². The molecule has 94 valence electrons. The predicted octanol–water partition coefficient (Wildman–Crippen LogP) is 2.31. The van der Waals surface area contributed by atoms with E-state index in [0.29, 0.717) is 23.4 Å². The minimum absolute atomic E-state index is 0.0723. The molecule has 0 aliphatic heterocycles. The number of rotatable bonds is 3. The molecule has 19 heavy (non-hydrogen) atoms. The fourth-order valence-electron chi connectivity index (χ4n) is 1.74. The molecular formula is C14H11N3O2. The maximum absolute atomic E-state index is 9.65. The number of nitrogens with zero attached hydrogens (tertiary/aromatic N) is 3. The van der Waals surface area contributed by atoms with Gasteiger partial charge in [0.1, 0.15) is 12.9 Å². The zero-order valence-electron chi connectivity index (χ0n) is 10.0. The van der Waals surface area contributed by atoms with Gasteiger partial charge in [-0.15, -0.1) is 0 Å². The Morgan fingerprint density at radius 2 is 1.89 bits per heavy atom. The molecule has 3 rings (SSSR count). The highest BCUT2D eigenvalue weighted by molar-refractivity contribution is 5.82. The van der Waals surface area contributed by atoms with Crippen LogP contribution in [0.1, 0.15) is 5.56 Å². The highest BCUT2D eigenvalue weighted by Crippen LogP contribution is 2.23. The number of hydrogen-bond acceptors (Lipinski definition) is 5. The molecule has 1 aromatic carbocycles. The van der Waals surface area contributed by atoms with E-state index in [1.54, 1.807) is 12.3 Å². The molecule has 0 saturated carbocycles. The average Bonchev–Trinajstić information content (AvgIpc) is 2.47. The fraction of sp³-hybridized carbons (Fsp3) is 0.0714. The van der Waals surface area contributed by atoms with Crippen molar-refractivity contribution in [1.29, 1.82) is 0 Å². The first-order valence-corrected chi connectivity index (χ1v) is 5.79. The van der Waals surface area contributed by atoms with Gasteiger partial charge < -0.3 is 9.84 Å². The van der Waals surface area contributed by atoms with Crippen molar-refractivity contribution in [2.24, 2.45) is 0 Å². The van der Waals surface area contributed by atoms with Gasteiger partial charge in [0.15, 0.2) is 0 Å². The molecule has 3 aromatic rings. The van der Waals surface area contributed by atoms with Gasteiger partial charge in [-0.25, -0.2) is 15.0 Å². The van der Waals surface area contributed by atoms with E-state index < -0.39 is 0 Å². The van der Waals surface area contributed by atoms with E-state index in [1.165, 1.54) is 6.33 Å². The Kier molecular flexibility index (Phi) is 2.94. The number of benzene rings is 1. The van der Waals surface area contributed by atoms with Crippen LogP contribution >= 0.6 is 0 Å². The fourth-order valence-corrected chi connectivity index (χ4v) is 1.74. The van der Waals surface area contributed by atoms with Crippen molar-refractivity contribution < 1.29 is 9.84 Å². The lowest BCUT2D eigenvalue weighted by molar-refractivity contribution is 0.294. The van der Waals surface area contributed by atoms with Crippen molar-refractivity contribution in [3.8, 4) is 11.8 Å². The number of pyridine rings is 1. The first kappa shape index (κ1) is 11.4. The molecule has 5 nitrogen and oxygen atoms in total. The Labute approximate surface area is 109 Å². The third-order valence-electron chi connectivity index (χ3n) is 2.71. The predicted molar refractivity (Wildman–Crippen MR) is 69.8 cm³/mol. The molecule has 0 amide bonds. The summed E-state index contributed by atoms with van der Waals surface area (Å²) in [6.45, 7) is 0.424. The molecule has 0 saturated heterocycles. The average molecular weight is 253 g/mol. The van der Waals surface area contributed by atoms with Crippen LogP contribution in [0.3, 0.4) is 0 Å². The van der Waals surface area contributed by atoms with Crippen LogP contribution in [0.4, 0.5) is 0 Å². The van der Waals surface area contributed by atoms with Gasteiger partial charge in [-0.2, -0.15) is 0 Å². The van der Waals surface area contributed by atoms with Crippen LogP contribution in [0.2, 0.25) is 0 Å². The third-order valence-corrected chi connectivity index (χ3v) is 2.71. The number of aromatic hydroxyl groups is 1. The zero-order chi connectivity index (χ0) is 13.1. The van der Waals surface area contributed by atoms with Crippen LogP contribution < -0.4 is 4.74 Å². The van der Waals surface area contributed by atoms with Gasteiger partial charge in [0, 0.05) is 6.07 Å². The second kappa shape index (κ2) is 4.89. The largest absolute Gasteiger partial charge is 0.493 e. The SMILES string of the molecule is Oc1ncnc2cnc(OCc3ccccc3)cc12. The summed E-state index contributed by atoms with van der Waals surface area (Å²) in [5, 5.41) is 10.2. The van der Waals surface area contributed by atoms with Gasteiger partial charge in [0.05, 0.1) is 17.1 Å². The van der Waals surface area contributed by atoms with E-state index in [4.69, 9.17) is 4.74 Å². The van der Waals surface area contributed by atoms with Crippen molar-refractivity contribution in [3.63, 3.8) is 0 Å². The van der Waals surface area contributed by atoms with Crippen LogP contribution in [0.25, 0.3) is 10.9 Å². The van der Waals surface area contributed by atoms with Crippen molar-refractivity contribution in [2.75, 3.05) is 0 Å². The van der Waals surface area contributed by atoms with Crippen LogP contribution in [-0.4, -0.2) is 20.1 Å². The van der Waals surface area contributed by atoms with Gasteiger partial charge in [-0.1, -0.05) is 30.3 Å². The Hall–Kier alpha value is -2.69. The molecule has 0 aliphatic rings. The molecule has 0 bridgehead atoms. The zero-order valence-corrected chi connectivity index (χ0v) is 10.0. The lowest BCUT2D eigenvalue weighted by Crippen LogP contribution is -1.97. The summed E-state index contributed by atoms with van der Waals surface area (Å²) >= 11 is 0. The maximum Gasteiger partial charge on any atom is 0.222 e. The Bertz CT molecular complexity index is 701. The first-order valence-electron chi connectivity index (χ1n) is 5.79. The second-order valence-electron chi connectivity index (χ2n) is 4.01. The van der Waals surface area contributed by atoms with Crippen molar-refractivity contribution in [1.82, 2.24) is 15.0 Å². The summed E-state index contributed by atoms with van der Waals surface area (Å²) in [5.41, 5.74) is 1.64. The topological polar surface area (TPSA) is 68.1 Å². The van der Waals surface area contributed by atoms with E-state index in [-0.39, 0.29) is 5.88 Å². The van der Waals surface area contributed by atoms with Crippen molar-refractivity contribution in [3.05, 3.63) is 54.5 Å². The molecule has 0 spiro atoms. The van der Waals surface area contributed by atoms with Gasteiger partial charge in [-0.05, 0) is 5.56 Å². The maximum atomic E-state index is 9.65. The Morgan fingerprint density at radius 1 is 1.05 bits per heavy atom. The number of hydrogen-bond donors (Lipinski definition) is 1. The summed E-state index contributed by atoms with van der Waals surface area (Å²) < 4.78 is 5.58. The first-order chi connectivity index (χ1) is 9.33.